The topological polar surface area (TPSA) is 86.8 Å². The van der Waals surface area contributed by atoms with Gasteiger partial charge in [-0.05, 0) is 62.4 Å². The van der Waals surface area contributed by atoms with Gasteiger partial charge in [0, 0.05) is 46.2 Å². The van der Waals surface area contributed by atoms with Crippen molar-refractivity contribution in [2.45, 2.75) is 77.4 Å². The van der Waals surface area contributed by atoms with E-state index in [0.717, 1.165) is 37.5 Å². The van der Waals surface area contributed by atoms with Crippen molar-refractivity contribution >= 4 is 62.3 Å². The van der Waals surface area contributed by atoms with Crippen LogP contribution in [0.15, 0.2) is 36.4 Å². The summed E-state index contributed by atoms with van der Waals surface area (Å²) in [5.74, 6) is -0.482. The van der Waals surface area contributed by atoms with Gasteiger partial charge in [-0.1, -0.05) is 66.7 Å². The third-order valence-electron chi connectivity index (χ3n) is 7.07. The molecular formula is C28H36Cl3N3O4S. The minimum atomic E-state index is -3.63. The Morgan fingerprint density at radius 3 is 2.31 bits per heavy atom. The summed E-state index contributed by atoms with van der Waals surface area (Å²) in [6, 6.07) is 9.57. The number of nitrogens with zero attached hydrogens (tertiary/aromatic N) is 2. The maximum Gasteiger partial charge on any atom is 0.243 e. The van der Waals surface area contributed by atoms with E-state index in [4.69, 9.17) is 34.8 Å². The molecule has 2 aromatic rings. The fourth-order valence-electron chi connectivity index (χ4n) is 4.97. The summed E-state index contributed by atoms with van der Waals surface area (Å²) in [5, 5.41) is 4.34. The highest BCUT2D eigenvalue weighted by Crippen LogP contribution is 2.29. The van der Waals surface area contributed by atoms with E-state index in [2.05, 4.69) is 5.32 Å². The minimum absolute atomic E-state index is 0.0287. The van der Waals surface area contributed by atoms with Crippen molar-refractivity contribution in [2.75, 3.05) is 17.1 Å². The molecule has 1 fully saturated rings. The number of carbonyl (C=O) groups excluding carboxylic acids is 2. The first kappa shape index (κ1) is 31.5. The number of carbonyl (C=O) groups is 2. The van der Waals surface area contributed by atoms with Crippen LogP contribution in [0.3, 0.4) is 0 Å². The van der Waals surface area contributed by atoms with E-state index in [1.165, 1.54) is 9.21 Å². The van der Waals surface area contributed by atoms with Crippen molar-refractivity contribution in [1.82, 2.24) is 10.2 Å². The molecule has 0 heterocycles. The SMILES string of the molecule is CC[C@@H](C(=O)NC1CCCC1)N(Cc1c(Cl)cccc1Cl)C(=O)CCCN(c1cc(Cl)ccc1C)S(C)(=O)=O. The minimum Gasteiger partial charge on any atom is -0.352 e. The van der Waals surface area contributed by atoms with Gasteiger partial charge in [-0.15, -0.1) is 0 Å². The van der Waals surface area contributed by atoms with Crippen LogP contribution in [-0.2, 0) is 26.2 Å². The van der Waals surface area contributed by atoms with E-state index in [9.17, 15) is 18.0 Å². The average molecular weight is 617 g/mol. The average Bonchev–Trinajstić information content (AvgIpc) is 3.37. The Hall–Kier alpha value is -2.00. The highest BCUT2D eigenvalue weighted by atomic mass is 35.5. The van der Waals surface area contributed by atoms with Crippen molar-refractivity contribution in [3.63, 3.8) is 0 Å². The van der Waals surface area contributed by atoms with Crippen LogP contribution in [0.5, 0.6) is 0 Å². The van der Waals surface area contributed by atoms with Crippen molar-refractivity contribution in [2.24, 2.45) is 0 Å². The molecule has 1 atom stereocenters. The monoisotopic (exact) mass is 615 g/mol. The Kier molecular flexibility index (Phi) is 11.4. The molecule has 214 valence electrons. The van der Waals surface area contributed by atoms with Crippen LogP contribution in [0.1, 0.15) is 63.0 Å². The molecule has 1 saturated carbocycles. The summed E-state index contributed by atoms with van der Waals surface area (Å²) in [4.78, 5) is 28.5. The number of rotatable bonds is 12. The summed E-state index contributed by atoms with van der Waals surface area (Å²) in [5.41, 5.74) is 1.79. The molecule has 0 aromatic heterocycles. The maximum atomic E-state index is 13.7. The molecule has 2 aromatic carbocycles. The molecular weight excluding hydrogens is 581 g/mol. The van der Waals surface area contributed by atoms with Gasteiger partial charge < -0.3 is 10.2 Å². The largest absolute Gasteiger partial charge is 0.352 e. The molecule has 7 nitrogen and oxygen atoms in total. The third-order valence-corrected chi connectivity index (χ3v) is 9.19. The summed E-state index contributed by atoms with van der Waals surface area (Å²) in [6.45, 7) is 3.81. The molecule has 0 bridgehead atoms. The van der Waals surface area contributed by atoms with E-state index >= 15 is 0 Å². The van der Waals surface area contributed by atoms with Crippen molar-refractivity contribution in [3.05, 3.63) is 62.6 Å². The molecule has 39 heavy (non-hydrogen) atoms. The number of halogens is 3. The number of amides is 2. The zero-order valence-corrected chi connectivity index (χ0v) is 25.6. The number of hydrogen-bond donors (Lipinski definition) is 1. The Labute approximate surface area is 246 Å². The number of benzene rings is 2. The van der Waals surface area contributed by atoms with Crippen molar-refractivity contribution < 1.29 is 18.0 Å². The van der Waals surface area contributed by atoms with Crippen molar-refractivity contribution in [3.8, 4) is 0 Å². The first-order valence-electron chi connectivity index (χ1n) is 13.2. The quantitative estimate of drug-likeness (QED) is 0.300. The first-order valence-corrected chi connectivity index (χ1v) is 16.2. The molecule has 0 spiro atoms. The Bertz CT molecular complexity index is 1260. The van der Waals surface area contributed by atoms with Crippen LogP contribution < -0.4 is 9.62 Å². The highest BCUT2D eigenvalue weighted by molar-refractivity contribution is 7.92. The molecule has 3 rings (SSSR count). The molecule has 0 saturated heterocycles. The van der Waals surface area contributed by atoms with Crippen LogP contribution in [0.4, 0.5) is 5.69 Å². The van der Waals surface area contributed by atoms with Gasteiger partial charge in [-0.3, -0.25) is 13.9 Å². The van der Waals surface area contributed by atoms with Crippen LogP contribution in [0, 0.1) is 6.92 Å². The van der Waals surface area contributed by atoms with E-state index in [1.807, 2.05) is 6.92 Å². The van der Waals surface area contributed by atoms with E-state index < -0.39 is 16.1 Å². The lowest BCUT2D eigenvalue weighted by Crippen LogP contribution is -2.51. The van der Waals surface area contributed by atoms with Crippen molar-refractivity contribution in [1.29, 1.82) is 0 Å². The van der Waals surface area contributed by atoms with Gasteiger partial charge in [-0.2, -0.15) is 0 Å². The zero-order chi connectivity index (χ0) is 28.7. The van der Waals surface area contributed by atoms with Crippen LogP contribution >= 0.6 is 34.8 Å². The lowest BCUT2D eigenvalue weighted by molar-refractivity contribution is -0.141. The molecule has 1 aliphatic carbocycles. The smallest absolute Gasteiger partial charge is 0.243 e. The lowest BCUT2D eigenvalue weighted by Gasteiger charge is -2.32. The fraction of sp³-hybridized carbons (Fsp3) is 0.500. The predicted octanol–water partition coefficient (Wildman–Crippen LogP) is 6.37. The van der Waals surface area contributed by atoms with Gasteiger partial charge in [0.15, 0.2) is 0 Å². The molecule has 1 N–H and O–H groups in total. The number of aryl methyl sites for hydroxylation is 1. The second-order valence-corrected chi connectivity index (χ2v) is 13.2. The molecule has 11 heteroatoms. The first-order chi connectivity index (χ1) is 18.4. The van der Waals surface area contributed by atoms with Gasteiger partial charge in [0.2, 0.25) is 21.8 Å². The Morgan fingerprint density at radius 2 is 1.72 bits per heavy atom. The Balaban J connectivity index is 1.82. The van der Waals surface area contributed by atoms with Crippen LogP contribution in [0.25, 0.3) is 0 Å². The van der Waals surface area contributed by atoms with Gasteiger partial charge in [0.25, 0.3) is 0 Å². The van der Waals surface area contributed by atoms with Crippen LogP contribution in [-0.4, -0.2) is 50.0 Å². The van der Waals surface area contributed by atoms with Gasteiger partial charge in [0.05, 0.1) is 11.9 Å². The summed E-state index contributed by atoms with van der Waals surface area (Å²) in [6.07, 6.45) is 5.80. The Morgan fingerprint density at radius 1 is 1.08 bits per heavy atom. The van der Waals surface area contributed by atoms with E-state index in [0.29, 0.717) is 32.7 Å². The second-order valence-electron chi connectivity index (χ2n) is 10.0. The van der Waals surface area contributed by atoms with Crippen LogP contribution in [0.2, 0.25) is 15.1 Å². The number of anilines is 1. The summed E-state index contributed by atoms with van der Waals surface area (Å²) < 4.78 is 26.5. The normalized spacial score (nSPS) is 14.7. The molecule has 0 aliphatic heterocycles. The maximum absolute atomic E-state index is 13.7. The third kappa shape index (κ3) is 8.49. The molecule has 1 aliphatic rings. The molecule has 2 amide bonds. The van der Waals surface area contributed by atoms with E-state index in [-0.39, 0.29) is 43.8 Å². The predicted molar refractivity (Wildman–Crippen MR) is 159 cm³/mol. The van der Waals surface area contributed by atoms with Gasteiger partial charge >= 0.3 is 0 Å². The highest BCUT2D eigenvalue weighted by Gasteiger charge is 2.31. The standard InChI is InChI=1S/C28H36Cl3N3O4S/c1-4-25(28(36)32-21-9-5-6-10-21)33(18-22-23(30)11-7-12-24(22)31)27(35)13-8-16-34(39(3,37)38)26-17-20(29)15-14-19(26)2/h7,11-12,14-15,17,21,25H,4-6,8-10,13,16,18H2,1-3H3,(H,32,36)/t25-/m0/s1. The number of sulfonamides is 1. The number of nitrogens with one attached hydrogen (secondary N) is 1. The fourth-order valence-corrected chi connectivity index (χ4v) is 6.67. The zero-order valence-electron chi connectivity index (χ0n) is 22.6. The number of hydrogen-bond acceptors (Lipinski definition) is 4. The van der Waals surface area contributed by atoms with E-state index in [1.54, 1.807) is 43.3 Å². The summed E-state index contributed by atoms with van der Waals surface area (Å²) in [7, 11) is -3.63. The molecule has 0 radical (unpaired) electrons. The molecule has 0 unspecified atom stereocenters. The summed E-state index contributed by atoms with van der Waals surface area (Å²) >= 11 is 19.0. The van der Waals surface area contributed by atoms with Gasteiger partial charge in [-0.25, -0.2) is 8.42 Å². The lowest BCUT2D eigenvalue weighted by atomic mass is 10.1. The van der Waals surface area contributed by atoms with Gasteiger partial charge in [0.1, 0.15) is 6.04 Å². The second kappa shape index (κ2) is 14.1.